The average Bonchev–Trinajstić information content (AvgIpc) is 2.75. The van der Waals surface area contributed by atoms with E-state index in [1.807, 2.05) is 0 Å². The van der Waals surface area contributed by atoms with Crippen LogP contribution in [0, 0.1) is 0 Å². The number of amides is 1. The van der Waals surface area contributed by atoms with Gasteiger partial charge in [0.25, 0.3) is 5.56 Å². The van der Waals surface area contributed by atoms with E-state index < -0.39 is 11.5 Å². The van der Waals surface area contributed by atoms with Crippen molar-refractivity contribution in [1.82, 2.24) is 9.78 Å². The molecule has 2 aromatic carbocycles. The highest BCUT2D eigenvalue weighted by atomic mass is 16.5. The number of benzene rings is 2. The third kappa shape index (κ3) is 4.72. The van der Waals surface area contributed by atoms with Crippen molar-refractivity contribution in [2.75, 3.05) is 19.5 Å². The first-order chi connectivity index (χ1) is 14.4. The van der Waals surface area contributed by atoms with Crippen LogP contribution in [-0.2, 0) is 11.3 Å². The van der Waals surface area contributed by atoms with Crippen molar-refractivity contribution in [3.05, 3.63) is 70.5 Å². The summed E-state index contributed by atoms with van der Waals surface area (Å²) in [4.78, 5) is 35.9. The predicted octanol–water partition coefficient (Wildman–Crippen LogP) is 2.77. The maximum absolute atomic E-state index is 12.4. The third-order valence-electron chi connectivity index (χ3n) is 4.41. The Hall–Kier alpha value is -3.94. The first-order valence-corrected chi connectivity index (χ1v) is 9.12. The highest BCUT2D eigenvalue weighted by molar-refractivity contribution is 5.95. The summed E-state index contributed by atoms with van der Waals surface area (Å²) >= 11 is 0. The standard InChI is InChI=1S/C22H21N3O5/c1-14(26)15-4-7-17(8-5-15)23-21(27)13-25-22(28)11-9-18(24-25)16-6-10-19(29-2)20(12-16)30-3/h4-12H,13H2,1-3H3,(H,23,27). The van der Waals surface area contributed by atoms with E-state index in [1.54, 1.807) is 55.6 Å². The molecule has 0 radical (unpaired) electrons. The van der Waals surface area contributed by atoms with Gasteiger partial charge >= 0.3 is 0 Å². The number of ketones is 1. The Kier molecular flexibility index (Phi) is 6.26. The molecule has 3 rings (SSSR count). The number of ether oxygens (including phenoxy) is 2. The van der Waals surface area contributed by atoms with Gasteiger partial charge in [0, 0.05) is 22.9 Å². The molecule has 154 valence electrons. The molecule has 1 N–H and O–H groups in total. The lowest BCUT2D eigenvalue weighted by Gasteiger charge is -2.11. The van der Waals surface area contributed by atoms with Crippen molar-refractivity contribution in [3.8, 4) is 22.8 Å². The van der Waals surface area contributed by atoms with Gasteiger partial charge < -0.3 is 14.8 Å². The molecule has 0 aliphatic rings. The van der Waals surface area contributed by atoms with Gasteiger partial charge in [-0.25, -0.2) is 4.68 Å². The largest absolute Gasteiger partial charge is 0.493 e. The summed E-state index contributed by atoms with van der Waals surface area (Å²) in [7, 11) is 3.07. The monoisotopic (exact) mass is 407 g/mol. The van der Waals surface area contributed by atoms with Crippen LogP contribution in [0.4, 0.5) is 5.69 Å². The Morgan fingerprint density at radius 1 is 0.967 bits per heavy atom. The van der Waals surface area contributed by atoms with Crippen molar-refractivity contribution in [2.45, 2.75) is 13.5 Å². The number of nitrogens with one attached hydrogen (secondary N) is 1. The lowest BCUT2D eigenvalue weighted by atomic mass is 10.1. The van der Waals surface area contributed by atoms with E-state index in [0.717, 1.165) is 4.68 Å². The Labute approximate surface area is 173 Å². The van der Waals surface area contributed by atoms with Crippen LogP contribution in [0.3, 0.4) is 0 Å². The molecule has 1 amide bonds. The van der Waals surface area contributed by atoms with E-state index in [2.05, 4.69) is 10.4 Å². The third-order valence-corrected chi connectivity index (χ3v) is 4.41. The van der Waals surface area contributed by atoms with Crippen LogP contribution < -0.4 is 20.3 Å². The molecule has 0 atom stereocenters. The lowest BCUT2D eigenvalue weighted by Crippen LogP contribution is -2.29. The molecular formula is C22H21N3O5. The number of carbonyl (C=O) groups excluding carboxylic acids is 2. The number of hydrogen-bond acceptors (Lipinski definition) is 6. The van der Waals surface area contributed by atoms with Gasteiger partial charge in [0.2, 0.25) is 5.91 Å². The fraction of sp³-hybridized carbons (Fsp3) is 0.182. The summed E-state index contributed by atoms with van der Waals surface area (Å²) in [6.07, 6.45) is 0. The number of methoxy groups -OCH3 is 2. The van der Waals surface area contributed by atoms with E-state index >= 15 is 0 Å². The topological polar surface area (TPSA) is 99.5 Å². The SMILES string of the molecule is COc1ccc(-c2ccc(=O)n(CC(=O)Nc3ccc(C(C)=O)cc3)n2)cc1OC. The molecule has 0 aliphatic carbocycles. The molecule has 0 aliphatic heterocycles. The number of anilines is 1. The fourth-order valence-electron chi connectivity index (χ4n) is 2.84. The summed E-state index contributed by atoms with van der Waals surface area (Å²) in [5.41, 5.74) is 1.89. The number of rotatable bonds is 7. The number of carbonyl (C=O) groups is 2. The van der Waals surface area contributed by atoms with Gasteiger partial charge in [0.05, 0.1) is 19.9 Å². The van der Waals surface area contributed by atoms with Gasteiger partial charge in [-0.15, -0.1) is 0 Å². The number of aromatic nitrogens is 2. The van der Waals surface area contributed by atoms with E-state index in [0.29, 0.717) is 34.0 Å². The Morgan fingerprint density at radius 3 is 2.30 bits per heavy atom. The van der Waals surface area contributed by atoms with Gasteiger partial charge in [-0.05, 0) is 55.5 Å². The highest BCUT2D eigenvalue weighted by Gasteiger charge is 2.11. The van der Waals surface area contributed by atoms with E-state index in [1.165, 1.54) is 20.1 Å². The second-order valence-corrected chi connectivity index (χ2v) is 6.47. The van der Waals surface area contributed by atoms with Crippen molar-refractivity contribution in [2.24, 2.45) is 0 Å². The minimum Gasteiger partial charge on any atom is -0.493 e. The van der Waals surface area contributed by atoms with E-state index in [4.69, 9.17) is 9.47 Å². The van der Waals surface area contributed by atoms with Gasteiger partial charge in [-0.1, -0.05) is 0 Å². The predicted molar refractivity (Wildman–Crippen MR) is 112 cm³/mol. The van der Waals surface area contributed by atoms with Crippen LogP contribution >= 0.6 is 0 Å². The van der Waals surface area contributed by atoms with Gasteiger partial charge in [-0.2, -0.15) is 5.10 Å². The second kappa shape index (κ2) is 9.04. The zero-order chi connectivity index (χ0) is 21.7. The zero-order valence-corrected chi connectivity index (χ0v) is 16.8. The highest BCUT2D eigenvalue weighted by Crippen LogP contribution is 2.31. The molecule has 0 bridgehead atoms. The van der Waals surface area contributed by atoms with E-state index in [-0.39, 0.29) is 12.3 Å². The van der Waals surface area contributed by atoms with Crippen LogP contribution in [0.15, 0.2) is 59.4 Å². The zero-order valence-electron chi connectivity index (χ0n) is 16.8. The Morgan fingerprint density at radius 2 is 1.67 bits per heavy atom. The van der Waals surface area contributed by atoms with Gasteiger partial charge in [0.15, 0.2) is 17.3 Å². The molecule has 0 saturated carbocycles. The summed E-state index contributed by atoms with van der Waals surface area (Å²) in [6, 6.07) is 14.7. The van der Waals surface area contributed by atoms with Crippen LogP contribution in [0.1, 0.15) is 17.3 Å². The molecule has 30 heavy (non-hydrogen) atoms. The van der Waals surface area contributed by atoms with E-state index in [9.17, 15) is 14.4 Å². The second-order valence-electron chi connectivity index (χ2n) is 6.47. The van der Waals surface area contributed by atoms with Crippen LogP contribution in [0.2, 0.25) is 0 Å². The Bertz CT molecular complexity index is 1140. The number of nitrogens with zero attached hydrogens (tertiary/aromatic N) is 2. The van der Waals surface area contributed by atoms with Crippen molar-refractivity contribution in [1.29, 1.82) is 0 Å². The summed E-state index contributed by atoms with van der Waals surface area (Å²) < 4.78 is 11.6. The molecule has 3 aromatic rings. The number of hydrogen-bond donors (Lipinski definition) is 1. The van der Waals surface area contributed by atoms with Crippen molar-refractivity contribution in [3.63, 3.8) is 0 Å². The molecule has 0 saturated heterocycles. The first-order valence-electron chi connectivity index (χ1n) is 9.12. The molecule has 1 aromatic heterocycles. The minimum absolute atomic E-state index is 0.0596. The summed E-state index contributed by atoms with van der Waals surface area (Å²) in [5.74, 6) is 0.631. The normalized spacial score (nSPS) is 10.4. The lowest BCUT2D eigenvalue weighted by molar-refractivity contribution is -0.117. The van der Waals surface area contributed by atoms with Crippen LogP contribution in [-0.4, -0.2) is 35.7 Å². The molecule has 1 heterocycles. The van der Waals surface area contributed by atoms with Crippen LogP contribution in [0.5, 0.6) is 11.5 Å². The van der Waals surface area contributed by atoms with Crippen molar-refractivity contribution < 1.29 is 19.1 Å². The van der Waals surface area contributed by atoms with Gasteiger partial charge in [0.1, 0.15) is 6.54 Å². The first kappa shape index (κ1) is 20.8. The van der Waals surface area contributed by atoms with Gasteiger partial charge in [-0.3, -0.25) is 14.4 Å². The fourth-order valence-corrected chi connectivity index (χ4v) is 2.84. The molecule has 8 nitrogen and oxygen atoms in total. The van der Waals surface area contributed by atoms with Crippen molar-refractivity contribution >= 4 is 17.4 Å². The quantitative estimate of drug-likeness (QED) is 0.605. The average molecular weight is 407 g/mol. The summed E-state index contributed by atoms with van der Waals surface area (Å²) in [6.45, 7) is 1.21. The Balaban J connectivity index is 1.79. The summed E-state index contributed by atoms with van der Waals surface area (Å²) in [5, 5.41) is 6.98. The molecule has 0 spiro atoms. The van der Waals surface area contributed by atoms with Crippen LogP contribution in [0.25, 0.3) is 11.3 Å². The molecule has 0 unspecified atom stereocenters. The molecule has 0 fully saturated rings. The minimum atomic E-state index is -0.412. The smallest absolute Gasteiger partial charge is 0.267 e. The molecular weight excluding hydrogens is 386 g/mol. The maximum Gasteiger partial charge on any atom is 0.267 e. The maximum atomic E-state index is 12.4. The molecule has 8 heteroatoms. The number of Topliss-reactive ketones (excluding diaryl/α,β-unsaturated/α-hetero) is 1.